The summed E-state index contributed by atoms with van der Waals surface area (Å²) < 4.78 is 19.3. The van der Waals surface area contributed by atoms with Gasteiger partial charge in [0, 0.05) is 18.0 Å². The van der Waals surface area contributed by atoms with Crippen LogP contribution >= 0.6 is 0 Å². The summed E-state index contributed by atoms with van der Waals surface area (Å²) in [4.78, 5) is 0. The van der Waals surface area contributed by atoms with Crippen LogP contribution in [0.15, 0.2) is 42.5 Å². The molecule has 0 spiro atoms. The van der Waals surface area contributed by atoms with Gasteiger partial charge in [0.25, 0.3) is 0 Å². The molecule has 3 nitrogen and oxygen atoms in total. The quantitative estimate of drug-likeness (QED) is 0.890. The van der Waals surface area contributed by atoms with Crippen LogP contribution in [0.2, 0.25) is 0 Å². The molecule has 0 aliphatic rings. The monoisotopic (exact) mass is 289 g/mol. The number of aryl methyl sites for hydroxylation is 1. The molecule has 0 aliphatic heterocycles. The minimum absolute atomic E-state index is 0.138. The Morgan fingerprint density at radius 3 is 2.52 bits per heavy atom. The smallest absolute Gasteiger partial charge is 0.126 e. The molecule has 2 rings (SSSR count). The van der Waals surface area contributed by atoms with Crippen LogP contribution in [0.1, 0.15) is 28.7 Å². The van der Waals surface area contributed by atoms with Crippen molar-refractivity contribution in [3.63, 3.8) is 0 Å². The third-order valence-electron chi connectivity index (χ3n) is 3.64. The maximum atomic E-state index is 14.0. The third-order valence-corrected chi connectivity index (χ3v) is 3.64. The van der Waals surface area contributed by atoms with E-state index in [-0.39, 0.29) is 12.4 Å². The zero-order valence-corrected chi connectivity index (χ0v) is 12.2. The molecule has 112 valence electrons. The predicted molar refractivity (Wildman–Crippen MR) is 80.9 cm³/mol. The van der Waals surface area contributed by atoms with Gasteiger partial charge in [-0.15, -0.1) is 0 Å². The molecule has 0 aliphatic carbocycles. The van der Waals surface area contributed by atoms with Crippen molar-refractivity contribution in [1.82, 2.24) is 0 Å². The highest BCUT2D eigenvalue weighted by Crippen LogP contribution is 2.36. The van der Waals surface area contributed by atoms with Crippen LogP contribution in [0.4, 0.5) is 4.39 Å². The molecule has 0 fully saturated rings. The number of halogens is 1. The highest BCUT2D eigenvalue weighted by Gasteiger charge is 2.26. The number of aliphatic hydroxyl groups excluding tert-OH is 1. The first-order chi connectivity index (χ1) is 10.1. The molecule has 0 bridgehead atoms. The Morgan fingerprint density at radius 1 is 1.19 bits per heavy atom. The number of nitrogens with two attached hydrogens (primary N) is 1. The van der Waals surface area contributed by atoms with E-state index in [0.717, 1.165) is 5.56 Å². The van der Waals surface area contributed by atoms with Crippen LogP contribution in [0.25, 0.3) is 0 Å². The number of rotatable bonds is 5. The molecular weight excluding hydrogens is 269 g/mol. The van der Waals surface area contributed by atoms with Crippen molar-refractivity contribution in [3.05, 3.63) is 65.0 Å². The Kier molecular flexibility index (Phi) is 4.94. The summed E-state index contributed by atoms with van der Waals surface area (Å²) in [5.74, 6) is -0.316. The van der Waals surface area contributed by atoms with Crippen LogP contribution in [0.5, 0.6) is 5.75 Å². The van der Waals surface area contributed by atoms with Gasteiger partial charge in [0.2, 0.25) is 0 Å². The van der Waals surface area contributed by atoms with Crippen LogP contribution < -0.4 is 10.5 Å². The molecule has 21 heavy (non-hydrogen) atoms. The van der Waals surface area contributed by atoms with Gasteiger partial charge in [-0.2, -0.15) is 0 Å². The number of ether oxygens (including phenoxy) is 1. The van der Waals surface area contributed by atoms with Crippen molar-refractivity contribution in [2.45, 2.75) is 18.9 Å². The Bertz CT molecular complexity index is 615. The Hall–Kier alpha value is -1.91. The average molecular weight is 289 g/mol. The first kappa shape index (κ1) is 15.5. The van der Waals surface area contributed by atoms with Gasteiger partial charge in [-0.05, 0) is 30.7 Å². The standard InChI is InChI=1S/C17H20FNO2/c1-11-7-8-16(21-2)13(9-11)17(20)14(10-19)12-5-3-4-6-15(12)18/h3-9,14,17,20H,10,19H2,1-2H3. The lowest BCUT2D eigenvalue weighted by Crippen LogP contribution is -2.21. The fourth-order valence-corrected chi connectivity index (χ4v) is 2.50. The van der Waals surface area contributed by atoms with Gasteiger partial charge < -0.3 is 15.6 Å². The van der Waals surface area contributed by atoms with Crippen molar-refractivity contribution in [3.8, 4) is 5.75 Å². The fourth-order valence-electron chi connectivity index (χ4n) is 2.50. The summed E-state index contributed by atoms with van der Waals surface area (Å²) in [6, 6.07) is 11.9. The second-order valence-electron chi connectivity index (χ2n) is 5.05. The molecule has 0 saturated heterocycles. The Labute approximate surface area is 124 Å². The van der Waals surface area contributed by atoms with Crippen molar-refractivity contribution >= 4 is 0 Å². The molecule has 2 aromatic rings. The second kappa shape index (κ2) is 6.70. The molecule has 0 radical (unpaired) electrons. The molecule has 0 heterocycles. The van der Waals surface area contributed by atoms with E-state index in [0.29, 0.717) is 16.9 Å². The Morgan fingerprint density at radius 2 is 1.90 bits per heavy atom. The molecule has 4 heteroatoms. The normalized spacial score (nSPS) is 13.8. The molecule has 0 amide bonds. The average Bonchev–Trinajstić information content (AvgIpc) is 2.49. The third kappa shape index (κ3) is 3.23. The molecule has 0 saturated carbocycles. The maximum Gasteiger partial charge on any atom is 0.126 e. The summed E-state index contributed by atoms with van der Waals surface area (Å²) in [6.45, 7) is 2.06. The topological polar surface area (TPSA) is 55.5 Å². The highest BCUT2D eigenvalue weighted by atomic mass is 19.1. The minimum atomic E-state index is -0.929. The number of aliphatic hydroxyl groups is 1. The zero-order valence-electron chi connectivity index (χ0n) is 12.2. The van der Waals surface area contributed by atoms with Crippen LogP contribution in [-0.2, 0) is 0 Å². The lowest BCUT2D eigenvalue weighted by atomic mass is 9.88. The van der Waals surface area contributed by atoms with Crippen LogP contribution in [0, 0.1) is 12.7 Å². The van der Waals surface area contributed by atoms with Crippen LogP contribution in [-0.4, -0.2) is 18.8 Å². The summed E-state index contributed by atoms with van der Waals surface area (Å²) >= 11 is 0. The summed E-state index contributed by atoms with van der Waals surface area (Å²) in [5.41, 5.74) is 7.80. The summed E-state index contributed by atoms with van der Waals surface area (Å²) in [7, 11) is 1.54. The van der Waals surface area contributed by atoms with Gasteiger partial charge >= 0.3 is 0 Å². The minimum Gasteiger partial charge on any atom is -0.496 e. The van der Waals surface area contributed by atoms with E-state index in [1.54, 1.807) is 31.4 Å². The van der Waals surface area contributed by atoms with Crippen molar-refractivity contribution in [2.75, 3.05) is 13.7 Å². The van der Waals surface area contributed by atoms with E-state index < -0.39 is 12.0 Å². The lowest BCUT2D eigenvalue weighted by molar-refractivity contribution is 0.142. The van der Waals surface area contributed by atoms with Crippen molar-refractivity contribution in [2.24, 2.45) is 5.73 Å². The van der Waals surface area contributed by atoms with Crippen molar-refractivity contribution < 1.29 is 14.2 Å². The van der Waals surface area contributed by atoms with E-state index in [2.05, 4.69) is 0 Å². The van der Waals surface area contributed by atoms with E-state index in [1.165, 1.54) is 6.07 Å². The van der Waals surface area contributed by atoms with Crippen molar-refractivity contribution in [1.29, 1.82) is 0 Å². The van der Waals surface area contributed by atoms with Gasteiger partial charge in [-0.1, -0.05) is 29.8 Å². The largest absolute Gasteiger partial charge is 0.496 e. The number of benzene rings is 2. The fraction of sp³-hybridized carbons (Fsp3) is 0.294. The first-order valence-corrected chi connectivity index (χ1v) is 6.85. The highest BCUT2D eigenvalue weighted by molar-refractivity contribution is 5.40. The molecule has 2 atom stereocenters. The molecule has 2 unspecified atom stereocenters. The maximum absolute atomic E-state index is 14.0. The first-order valence-electron chi connectivity index (χ1n) is 6.85. The molecule has 0 aromatic heterocycles. The van der Waals surface area contributed by atoms with E-state index in [1.807, 2.05) is 19.1 Å². The van der Waals surface area contributed by atoms with Gasteiger partial charge in [-0.25, -0.2) is 4.39 Å². The predicted octanol–water partition coefficient (Wildman–Crippen LogP) is 2.92. The second-order valence-corrected chi connectivity index (χ2v) is 5.05. The summed E-state index contributed by atoms with van der Waals surface area (Å²) in [6.07, 6.45) is -0.929. The van der Waals surface area contributed by atoms with Gasteiger partial charge in [-0.3, -0.25) is 0 Å². The van der Waals surface area contributed by atoms with E-state index in [4.69, 9.17) is 10.5 Å². The SMILES string of the molecule is COc1ccc(C)cc1C(O)C(CN)c1ccccc1F. The number of hydrogen-bond donors (Lipinski definition) is 2. The number of hydrogen-bond acceptors (Lipinski definition) is 3. The van der Waals surface area contributed by atoms with E-state index >= 15 is 0 Å². The van der Waals surface area contributed by atoms with Gasteiger partial charge in [0.05, 0.1) is 13.2 Å². The van der Waals surface area contributed by atoms with Crippen LogP contribution in [0.3, 0.4) is 0 Å². The van der Waals surface area contributed by atoms with E-state index in [9.17, 15) is 9.50 Å². The molecule has 2 aromatic carbocycles. The lowest BCUT2D eigenvalue weighted by Gasteiger charge is -2.24. The van der Waals surface area contributed by atoms with Gasteiger partial charge in [0.15, 0.2) is 0 Å². The molecule has 3 N–H and O–H groups in total. The zero-order chi connectivity index (χ0) is 15.4. The summed E-state index contributed by atoms with van der Waals surface area (Å²) in [5, 5.41) is 10.7. The molecular formula is C17H20FNO2. The Balaban J connectivity index is 2.44. The van der Waals surface area contributed by atoms with Gasteiger partial charge in [0.1, 0.15) is 11.6 Å². The number of methoxy groups -OCH3 is 1.